The van der Waals surface area contributed by atoms with Gasteiger partial charge in [0.2, 0.25) is 0 Å². The summed E-state index contributed by atoms with van der Waals surface area (Å²) in [5.74, 6) is 0.546. The number of rotatable bonds is 5. The molecular weight excluding hydrogens is 699 g/mol. The minimum atomic E-state index is -0.486. The molecule has 0 aliphatic rings. The normalized spacial score (nSPS) is 13.1. The van der Waals surface area contributed by atoms with E-state index in [4.69, 9.17) is 21.2 Å². The molecule has 57 heavy (non-hydrogen) atoms. The molecule has 0 aliphatic heterocycles. The molecule has 8 aromatic carbocycles. The summed E-state index contributed by atoms with van der Waals surface area (Å²) in [6.07, 6.45) is 0. The summed E-state index contributed by atoms with van der Waals surface area (Å²) in [7, 11) is 0. The van der Waals surface area contributed by atoms with Crippen molar-refractivity contribution in [3.8, 4) is 45.5 Å². The van der Waals surface area contributed by atoms with Gasteiger partial charge < -0.3 is 13.6 Å². The number of nitrogens with zero attached hydrogens (tertiary/aromatic N) is 5. The lowest BCUT2D eigenvalue weighted by molar-refractivity contribution is 0.666. The first-order valence-corrected chi connectivity index (χ1v) is 18.7. The maximum atomic E-state index is 8.70. The monoisotopic (exact) mass is 734 g/mol. The molecule has 0 atom stereocenters. The van der Waals surface area contributed by atoms with Crippen LogP contribution < -0.4 is 0 Å². The molecule has 0 fully saturated rings. The lowest BCUT2D eigenvalue weighted by atomic mass is 10.1. The molecule has 0 saturated carbocycles. The van der Waals surface area contributed by atoms with E-state index >= 15 is 0 Å². The standard InChI is InChI=1S/C51H31N5O/c1-4-15-32(16-5-1)49-52-50(33-17-6-2-7-18-33)54-51(53-49)34-27-28-38-39-23-14-26-44(48(39)57-47(38)29-34)56-43-25-13-11-22-37(43)41-30-40-36-21-10-12-24-42(36)55(45(40)31-46(41)56)35-19-8-3-9-20-35/h1-31H/i1D,4D,5D,15D,16D. The van der Waals surface area contributed by atoms with Crippen LogP contribution in [0.1, 0.15) is 6.85 Å². The van der Waals surface area contributed by atoms with Crippen molar-refractivity contribution >= 4 is 65.6 Å². The molecule has 6 heteroatoms. The van der Waals surface area contributed by atoms with Gasteiger partial charge >= 0.3 is 0 Å². The molecule has 12 rings (SSSR count). The fraction of sp³-hybridized carbons (Fsp3) is 0. The average Bonchev–Trinajstić information content (AvgIpc) is 3.97. The van der Waals surface area contributed by atoms with Gasteiger partial charge in [0.05, 0.1) is 34.6 Å². The Kier molecular flexibility index (Phi) is 5.82. The molecule has 0 saturated heterocycles. The van der Waals surface area contributed by atoms with Crippen molar-refractivity contribution in [2.75, 3.05) is 0 Å². The molecule has 4 heterocycles. The summed E-state index contributed by atoms with van der Waals surface area (Å²) in [6.45, 7) is 0. The Balaban J connectivity index is 1.08. The van der Waals surface area contributed by atoms with Gasteiger partial charge in [-0.3, -0.25) is 0 Å². The average molecular weight is 735 g/mol. The van der Waals surface area contributed by atoms with Gasteiger partial charge in [-0.05, 0) is 54.6 Å². The highest BCUT2D eigenvalue weighted by atomic mass is 16.3. The fourth-order valence-electron chi connectivity index (χ4n) is 8.34. The summed E-state index contributed by atoms with van der Waals surface area (Å²) >= 11 is 0. The third-order valence-corrected chi connectivity index (χ3v) is 10.8. The second-order valence-electron chi connectivity index (χ2n) is 14.1. The maximum absolute atomic E-state index is 8.70. The van der Waals surface area contributed by atoms with Crippen LogP contribution in [0.5, 0.6) is 0 Å². The minimum absolute atomic E-state index is 0.0235. The Morgan fingerprint density at radius 3 is 1.74 bits per heavy atom. The fourth-order valence-corrected chi connectivity index (χ4v) is 8.34. The second kappa shape index (κ2) is 12.3. The first kappa shape index (κ1) is 26.9. The van der Waals surface area contributed by atoms with E-state index in [1.165, 1.54) is 10.8 Å². The molecule has 0 aliphatic carbocycles. The summed E-state index contributed by atoms with van der Waals surface area (Å²) in [5.41, 5.74) is 8.85. The van der Waals surface area contributed by atoms with Crippen molar-refractivity contribution in [3.05, 3.63) is 188 Å². The van der Waals surface area contributed by atoms with Crippen LogP contribution in [0.4, 0.5) is 0 Å². The van der Waals surface area contributed by atoms with Gasteiger partial charge in [-0.25, -0.2) is 15.0 Å². The zero-order valence-electron chi connectivity index (χ0n) is 35.2. The number of hydrogen-bond acceptors (Lipinski definition) is 4. The van der Waals surface area contributed by atoms with Crippen LogP contribution >= 0.6 is 0 Å². The van der Waals surface area contributed by atoms with Crippen molar-refractivity contribution in [3.63, 3.8) is 0 Å². The van der Waals surface area contributed by atoms with Gasteiger partial charge in [-0.1, -0.05) is 133 Å². The lowest BCUT2D eigenvalue weighted by Crippen LogP contribution is -2.00. The molecule has 0 N–H and O–H groups in total. The molecule has 6 nitrogen and oxygen atoms in total. The quantitative estimate of drug-likeness (QED) is 0.177. The number of hydrogen-bond donors (Lipinski definition) is 0. The zero-order valence-corrected chi connectivity index (χ0v) is 30.2. The van der Waals surface area contributed by atoms with Crippen molar-refractivity contribution in [1.82, 2.24) is 24.1 Å². The zero-order chi connectivity index (χ0) is 41.8. The first-order chi connectivity index (χ1) is 30.3. The predicted molar refractivity (Wildman–Crippen MR) is 232 cm³/mol. The van der Waals surface area contributed by atoms with E-state index in [9.17, 15) is 0 Å². The van der Waals surface area contributed by atoms with E-state index in [0.717, 1.165) is 55.0 Å². The van der Waals surface area contributed by atoms with Crippen LogP contribution in [-0.2, 0) is 0 Å². The first-order valence-electron chi connectivity index (χ1n) is 21.2. The molecule has 12 aromatic rings. The summed E-state index contributed by atoms with van der Waals surface area (Å²) < 4.78 is 53.7. The molecule has 0 amide bonds. The number of aromatic nitrogens is 5. The highest BCUT2D eigenvalue weighted by molar-refractivity contribution is 6.20. The summed E-state index contributed by atoms with van der Waals surface area (Å²) in [6, 6.07) is 51.3. The largest absolute Gasteiger partial charge is 0.454 e. The molecule has 266 valence electrons. The highest BCUT2D eigenvalue weighted by Gasteiger charge is 2.21. The van der Waals surface area contributed by atoms with Gasteiger partial charge in [0.1, 0.15) is 5.58 Å². The van der Waals surface area contributed by atoms with Crippen molar-refractivity contribution < 1.29 is 11.3 Å². The van der Waals surface area contributed by atoms with Gasteiger partial charge in [0.25, 0.3) is 0 Å². The number of para-hydroxylation sites is 4. The number of fused-ring (bicyclic) bond motifs is 9. The summed E-state index contributed by atoms with van der Waals surface area (Å²) in [4.78, 5) is 14.3. The van der Waals surface area contributed by atoms with Crippen LogP contribution in [0.3, 0.4) is 0 Å². The van der Waals surface area contributed by atoms with Crippen LogP contribution in [0.15, 0.2) is 192 Å². The molecule has 0 unspecified atom stereocenters. The molecule has 0 bridgehead atoms. The van der Waals surface area contributed by atoms with Crippen LogP contribution in [0.25, 0.3) is 111 Å². The van der Waals surface area contributed by atoms with Crippen LogP contribution in [0, 0.1) is 0 Å². The van der Waals surface area contributed by atoms with Crippen LogP contribution in [-0.4, -0.2) is 24.1 Å². The Bertz CT molecular complexity index is 3790. The van der Waals surface area contributed by atoms with Gasteiger partial charge in [-0.2, -0.15) is 0 Å². The maximum Gasteiger partial charge on any atom is 0.164 e. The van der Waals surface area contributed by atoms with E-state index in [1.54, 1.807) is 0 Å². The predicted octanol–water partition coefficient (Wildman–Crippen LogP) is 13.0. The topological polar surface area (TPSA) is 61.7 Å². The van der Waals surface area contributed by atoms with E-state index in [0.29, 0.717) is 28.1 Å². The Labute approximate surface area is 333 Å². The van der Waals surface area contributed by atoms with Gasteiger partial charge in [0, 0.05) is 54.7 Å². The number of furan rings is 1. The van der Waals surface area contributed by atoms with Crippen LogP contribution in [0.2, 0.25) is 0 Å². The highest BCUT2D eigenvalue weighted by Crippen LogP contribution is 2.42. The smallest absolute Gasteiger partial charge is 0.164 e. The molecule has 4 aromatic heterocycles. The van der Waals surface area contributed by atoms with E-state index < -0.39 is 18.1 Å². The third kappa shape index (κ3) is 4.87. The number of benzene rings is 8. The molecule has 0 radical (unpaired) electrons. The van der Waals surface area contributed by atoms with Crippen molar-refractivity contribution in [2.45, 2.75) is 0 Å². The second-order valence-corrected chi connectivity index (χ2v) is 14.1. The molecule has 0 spiro atoms. The minimum Gasteiger partial charge on any atom is -0.454 e. The molecular formula is C51H31N5O. The van der Waals surface area contributed by atoms with Crippen molar-refractivity contribution in [1.29, 1.82) is 0 Å². The van der Waals surface area contributed by atoms with Crippen molar-refractivity contribution in [2.24, 2.45) is 0 Å². The lowest BCUT2D eigenvalue weighted by Gasteiger charge is -2.10. The Morgan fingerprint density at radius 1 is 0.404 bits per heavy atom. The van der Waals surface area contributed by atoms with Gasteiger partial charge in [0.15, 0.2) is 23.1 Å². The third-order valence-electron chi connectivity index (χ3n) is 10.8. The SMILES string of the molecule is [2H]c1c([2H])c([2H])c(-c2nc(-c3ccccc3)nc(-c3ccc4c(c3)oc3c(-n5c6ccccc6c6cc7c8ccccc8n(-c8ccccc8)c7cc65)cccc34)n2)c([2H])c1[2H]. The summed E-state index contributed by atoms with van der Waals surface area (Å²) in [5, 5.41) is 6.48. The Morgan fingerprint density at radius 2 is 1.00 bits per heavy atom. The Hall–Kier alpha value is -7.83. The van der Waals surface area contributed by atoms with E-state index in [1.807, 2.05) is 54.6 Å². The van der Waals surface area contributed by atoms with E-state index in [-0.39, 0.29) is 29.3 Å². The van der Waals surface area contributed by atoms with Gasteiger partial charge in [-0.15, -0.1) is 0 Å². The van der Waals surface area contributed by atoms with E-state index in [2.05, 4.69) is 117 Å².